The second kappa shape index (κ2) is 7.80. The average Bonchev–Trinajstić information content (AvgIpc) is 3.17. The van der Waals surface area contributed by atoms with Crippen molar-refractivity contribution in [1.29, 1.82) is 0 Å². The van der Waals surface area contributed by atoms with Crippen LogP contribution in [0, 0.1) is 0 Å². The molecule has 32 heavy (non-hydrogen) atoms. The number of halogens is 7. The van der Waals surface area contributed by atoms with Gasteiger partial charge in [0.1, 0.15) is 6.04 Å². The van der Waals surface area contributed by atoms with Gasteiger partial charge in [0.05, 0.1) is 16.1 Å². The van der Waals surface area contributed by atoms with E-state index in [-0.39, 0.29) is 18.9 Å². The van der Waals surface area contributed by atoms with Crippen molar-refractivity contribution in [2.75, 3.05) is 6.54 Å². The molecule has 1 atom stereocenters. The molecule has 0 aliphatic carbocycles. The van der Waals surface area contributed by atoms with Crippen LogP contribution in [0.25, 0.3) is 0 Å². The lowest BCUT2D eigenvalue weighted by Crippen LogP contribution is -2.43. The van der Waals surface area contributed by atoms with Crippen molar-refractivity contribution in [2.24, 2.45) is 0 Å². The Kier molecular flexibility index (Phi) is 5.40. The molecule has 2 aromatic carbocycles. The number of fused-ring (bicyclic) bond motifs is 1. The molecular formula is C20H13ClF6N4O. The second-order valence-corrected chi connectivity index (χ2v) is 7.39. The predicted octanol–water partition coefficient (Wildman–Crippen LogP) is 5.21. The van der Waals surface area contributed by atoms with Crippen LogP contribution in [0.2, 0.25) is 5.02 Å². The molecule has 1 aliphatic heterocycles. The van der Waals surface area contributed by atoms with Gasteiger partial charge < -0.3 is 9.47 Å². The summed E-state index contributed by atoms with van der Waals surface area (Å²) in [7, 11) is 0. The number of nitrogens with zero attached hydrogens (tertiary/aromatic N) is 4. The highest BCUT2D eigenvalue weighted by Crippen LogP contribution is 2.39. The Bertz CT molecular complexity index is 1160. The summed E-state index contributed by atoms with van der Waals surface area (Å²) in [5, 5.41) is 6.15. The van der Waals surface area contributed by atoms with E-state index >= 15 is 0 Å². The molecule has 0 radical (unpaired) electrons. The third kappa shape index (κ3) is 3.81. The van der Waals surface area contributed by atoms with Crippen molar-refractivity contribution in [3.63, 3.8) is 0 Å². The van der Waals surface area contributed by atoms with Crippen LogP contribution >= 0.6 is 11.6 Å². The lowest BCUT2D eigenvalue weighted by atomic mass is 10.0. The minimum atomic E-state index is -4.78. The molecule has 2 heterocycles. The van der Waals surface area contributed by atoms with Crippen molar-refractivity contribution in [2.45, 2.75) is 24.9 Å². The highest BCUT2D eigenvalue weighted by Gasteiger charge is 2.44. The standard InChI is InChI=1S/C20H13ClF6N4O/c21-14-12(7-4-8-13(14)19(22,23)24)17(32)30-9-10-31-16(28-29-18(31)20(25,26)27)15(30)11-5-2-1-3-6-11/h1-8,15H,9-10H2. The summed E-state index contributed by atoms with van der Waals surface area (Å²) in [5.74, 6) is -2.22. The number of carbonyl (C=O) groups is 1. The topological polar surface area (TPSA) is 51.0 Å². The monoisotopic (exact) mass is 474 g/mol. The summed E-state index contributed by atoms with van der Waals surface area (Å²) in [5.41, 5.74) is -1.17. The van der Waals surface area contributed by atoms with Gasteiger partial charge in [0, 0.05) is 13.1 Å². The highest BCUT2D eigenvalue weighted by atomic mass is 35.5. The van der Waals surface area contributed by atoms with Crippen molar-refractivity contribution in [1.82, 2.24) is 19.7 Å². The molecule has 0 N–H and O–H groups in total. The number of amides is 1. The average molecular weight is 475 g/mol. The van der Waals surface area contributed by atoms with Gasteiger partial charge in [0.25, 0.3) is 5.91 Å². The van der Waals surface area contributed by atoms with Gasteiger partial charge in [0.15, 0.2) is 5.82 Å². The van der Waals surface area contributed by atoms with Crippen molar-refractivity contribution in [3.05, 3.63) is 81.9 Å². The highest BCUT2D eigenvalue weighted by molar-refractivity contribution is 6.34. The van der Waals surface area contributed by atoms with E-state index in [1.165, 1.54) is 0 Å². The molecule has 0 fully saturated rings. The summed E-state index contributed by atoms with van der Waals surface area (Å²) in [6.45, 7) is -0.512. The van der Waals surface area contributed by atoms with Gasteiger partial charge >= 0.3 is 12.4 Å². The third-order valence-electron chi connectivity index (χ3n) is 5.06. The molecule has 5 nitrogen and oxygen atoms in total. The first-order valence-corrected chi connectivity index (χ1v) is 9.60. The SMILES string of the molecule is O=C(c1cccc(C(F)(F)F)c1Cl)N1CCn2c(nnc2C(F)(F)F)C1c1ccccc1. The first-order valence-electron chi connectivity index (χ1n) is 9.22. The van der Waals surface area contributed by atoms with E-state index in [1.807, 2.05) is 0 Å². The number of aromatic nitrogens is 3. The normalized spacial score (nSPS) is 16.7. The van der Waals surface area contributed by atoms with Gasteiger partial charge in [-0.2, -0.15) is 26.3 Å². The lowest BCUT2D eigenvalue weighted by Gasteiger charge is -2.36. The molecular weight excluding hydrogens is 462 g/mol. The fourth-order valence-electron chi connectivity index (χ4n) is 3.68. The second-order valence-electron chi connectivity index (χ2n) is 7.01. The van der Waals surface area contributed by atoms with Crippen molar-refractivity contribution >= 4 is 17.5 Å². The van der Waals surface area contributed by atoms with Gasteiger partial charge in [-0.3, -0.25) is 4.79 Å². The summed E-state index contributed by atoms with van der Waals surface area (Å²) in [6.07, 6.45) is -9.54. The molecule has 1 aromatic heterocycles. The number of benzene rings is 2. The fraction of sp³-hybridized carbons (Fsp3) is 0.250. The van der Waals surface area contributed by atoms with Crippen LogP contribution in [0.1, 0.15) is 39.2 Å². The Morgan fingerprint density at radius 1 is 0.906 bits per heavy atom. The number of carbonyl (C=O) groups excluding carboxylic acids is 1. The first-order chi connectivity index (χ1) is 15.0. The van der Waals surface area contributed by atoms with Crippen LogP contribution < -0.4 is 0 Å². The maximum atomic E-state index is 13.3. The quantitative estimate of drug-likeness (QED) is 0.479. The fourth-order valence-corrected chi connectivity index (χ4v) is 3.99. The smallest absolute Gasteiger partial charge is 0.322 e. The summed E-state index contributed by atoms with van der Waals surface area (Å²) in [6, 6.07) is 9.91. The molecule has 12 heteroatoms. The van der Waals surface area contributed by atoms with E-state index in [9.17, 15) is 31.1 Å². The molecule has 1 aliphatic rings. The Morgan fingerprint density at radius 3 is 2.22 bits per heavy atom. The van der Waals surface area contributed by atoms with Crippen LogP contribution in [0.4, 0.5) is 26.3 Å². The molecule has 0 saturated carbocycles. The minimum Gasteiger partial charge on any atom is -0.322 e. The van der Waals surface area contributed by atoms with Gasteiger partial charge in [-0.05, 0) is 17.7 Å². The first kappa shape index (κ1) is 22.1. The van der Waals surface area contributed by atoms with E-state index < -0.39 is 46.3 Å². The Hall–Kier alpha value is -3.08. The van der Waals surface area contributed by atoms with Crippen molar-refractivity contribution in [3.8, 4) is 0 Å². The van der Waals surface area contributed by atoms with E-state index in [2.05, 4.69) is 10.2 Å². The van der Waals surface area contributed by atoms with Crippen LogP contribution in [0.15, 0.2) is 48.5 Å². The van der Waals surface area contributed by atoms with E-state index in [4.69, 9.17) is 11.6 Å². The van der Waals surface area contributed by atoms with Gasteiger partial charge in [-0.1, -0.05) is 48.0 Å². The zero-order valence-corrected chi connectivity index (χ0v) is 16.7. The molecule has 0 spiro atoms. The van der Waals surface area contributed by atoms with Gasteiger partial charge in [-0.25, -0.2) is 0 Å². The molecule has 4 rings (SSSR count). The van der Waals surface area contributed by atoms with E-state index in [0.29, 0.717) is 5.56 Å². The molecule has 168 valence electrons. The Labute approximate surface area is 182 Å². The zero-order valence-electron chi connectivity index (χ0n) is 16.0. The molecule has 0 saturated heterocycles. The van der Waals surface area contributed by atoms with Gasteiger partial charge in [0.2, 0.25) is 5.82 Å². The van der Waals surface area contributed by atoms with Crippen LogP contribution in [0.5, 0.6) is 0 Å². The number of hydrogen-bond donors (Lipinski definition) is 0. The molecule has 3 aromatic rings. The Balaban J connectivity index is 1.83. The maximum Gasteiger partial charge on any atom is 0.451 e. The molecule has 0 bridgehead atoms. The van der Waals surface area contributed by atoms with Crippen LogP contribution in [-0.2, 0) is 18.9 Å². The molecule has 1 amide bonds. The zero-order chi connectivity index (χ0) is 23.3. The maximum absolute atomic E-state index is 13.3. The molecule has 1 unspecified atom stereocenters. The van der Waals surface area contributed by atoms with Crippen LogP contribution in [0.3, 0.4) is 0 Å². The minimum absolute atomic E-state index is 0.147. The number of hydrogen-bond acceptors (Lipinski definition) is 3. The lowest BCUT2D eigenvalue weighted by molar-refractivity contribution is -0.148. The third-order valence-corrected chi connectivity index (χ3v) is 5.47. The largest absolute Gasteiger partial charge is 0.451 e. The van der Waals surface area contributed by atoms with E-state index in [1.54, 1.807) is 30.3 Å². The predicted molar refractivity (Wildman–Crippen MR) is 101 cm³/mol. The van der Waals surface area contributed by atoms with Gasteiger partial charge in [-0.15, -0.1) is 10.2 Å². The summed E-state index contributed by atoms with van der Waals surface area (Å²) >= 11 is 5.92. The number of rotatable bonds is 2. The Morgan fingerprint density at radius 2 is 1.59 bits per heavy atom. The number of alkyl halides is 6. The summed E-state index contributed by atoms with van der Waals surface area (Å²) < 4.78 is 80.6. The van der Waals surface area contributed by atoms with Crippen LogP contribution in [-0.4, -0.2) is 32.1 Å². The van der Waals surface area contributed by atoms with E-state index in [0.717, 1.165) is 27.7 Å². The summed E-state index contributed by atoms with van der Waals surface area (Å²) in [4.78, 5) is 14.4. The van der Waals surface area contributed by atoms with Crippen molar-refractivity contribution < 1.29 is 31.1 Å².